The number of hydrogen-bond acceptors (Lipinski definition) is 7. The van der Waals surface area contributed by atoms with Gasteiger partial charge in [0, 0.05) is 29.1 Å². The van der Waals surface area contributed by atoms with Gasteiger partial charge in [0.25, 0.3) is 0 Å². The van der Waals surface area contributed by atoms with E-state index in [0.717, 1.165) is 44.9 Å². The number of pyridine rings is 1. The largest absolute Gasteiger partial charge is 0.465 e. The summed E-state index contributed by atoms with van der Waals surface area (Å²) in [4.78, 5) is 26.9. The molecule has 0 radical (unpaired) electrons. The van der Waals surface area contributed by atoms with E-state index < -0.39 is 0 Å². The van der Waals surface area contributed by atoms with Gasteiger partial charge in [-0.25, -0.2) is 14.8 Å². The molecule has 0 spiro atoms. The van der Waals surface area contributed by atoms with Gasteiger partial charge >= 0.3 is 5.97 Å². The second-order valence-electron chi connectivity index (χ2n) is 8.10. The molecule has 5 rings (SSSR count). The Labute approximate surface area is 203 Å². The standard InChI is InChI=1S/C24H23BrN4O3S/c1-31-24(30)15-6-8-20-21(9-15)29(12-18-11-26-14-33-18)23(28-20)10-17-7-5-16(13-32-17)19-3-2-4-22(25)27-19/h2-4,6,8-9,11,14,16-17H,5,7,10,12-13H2,1H3/t16-,17+/m1/s1. The van der Waals surface area contributed by atoms with E-state index in [9.17, 15) is 4.79 Å². The molecular weight excluding hydrogens is 504 g/mol. The lowest BCUT2D eigenvalue weighted by Gasteiger charge is -2.28. The number of esters is 1. The molecule has 2 atom stereocenters. The molecule has 4 heterocycles. The Hall–Kier alpha value is -2.62. The molecule has 9 heteroatoms. The lowest BCUT2D eigenvalue weighted by Crippen LogP contribution is -2.28. The van der Waals surface area contributed by atoms with Crippen LogP contribution in [0, 0.1) is 0 Å². The van der Waals surface area contributed by atoms with Gasteiger partial charge in [0.15, 0.2) is 0 Å². The Morgan fingerprint density at radius 2 is 2.18 bits per heavy atom. The monoisotopic (exact) mass is 526 g/mol. The molecule has 4 aromatic rings. The molecule has 1 fully saturated rings. The minimum Gasteiger partial charge on any atom is -0.465 e. The number of halogens is 1. The summed E-state index contributed by atoms with van der Waals surface area (Å²) in [5, 5.41) is 0. The van der Waals surface area contributed by atoms with Crippen molar-refractivity contribution in [1.82, 2.24) is 19.5 Å². The number of methoxy groups -OCH3 is 1. The quantitative estimate of drug-likeness (QED) is 0.260. The topological polar surface area (TPSA) is 79.1 Å². The highest BCUT2D eigenvalue weighted by molar-refractivity contribution is 9.10. The number of hydrogen-bond donors (Lipinski definition) is 0. The molecule has 33 heavy (non-hydrogen) atoms. The average molecular weight is 527 g/mol. The predicted octanol–water partition coefficient (Wildman–Crippen LogP) is 4.99. The summed E-state index contributed by atoms with van der Waals surface area (Å²) in [6.07, 6.45) is 4.63. The van der Waals surface area contributed by atoms with E-state index in [2.05, 4.69) is 36.5 Å². The van der Waals surface area contributed by atoms with Gasteiger partial charge in [-0.15, -0.1) is 11.3 Å². The summed E-state index contributed by atoms with van der Waals surface area (Å²) >= 11 is 5.06. The number of ether oxygens (including phenoxy) is 2. The number of rotatable bonds is 6. The van der Waals surface area contributed by atoms with Crippen LogP contribution in [0.15, 0.2) is 52.7 Å². The Morgan fingerprint density at radius 1 is 1.27 bits per heavy atom. The van der Waals surface area contributed by atoms with Gasteiger partial charge in [-0.1, -0.05) is 6.07 Å². The number of imidazole rings is 1. The van der Waals surface area contributed by atoms with E-state index in [1.54, 1.807) is 17.4 Å². The van der Waals surface area contributed by atoms with E-state index >= 15 is 0 Å². The zero-order chi connectivity index (χ0) is 22.8. The fourth-order valence-electron chi connectivity index (χ4n) is 4.28. The molecule has 1 saturated heterocycles. The molecular formula is C24H23BrN4O3S. The number of benzene rings is 1. The first kappa shape index (κ1) is 22.2. The van der Waals surface area contributed by atoms with Crippen LogP contribution in [0.3, 0.4) is 0 Å². The highest BCUT2D eigenvalue weighted by Gasteiger charge is 2.26. The molecule has 1 aliphatic heterocycles. The van der Waals surface area contributed by atoms with E-state index in [0.29, 0.717) is 31.1 Å². The SMILES string of the molecule is COC(=O)c1ccc2nc(C[C@@H]3CC[C@@H](c4cccc(Br)n4)CO3)n(Cc3cncs3)c2c1. The summed E-state index contributed by atoms with van der Waals surface area (Å²) < 4.78 is 14.2. The molecule has 170 valence electrons. The molecule has 0 bridgehead atoms. The van der Waals surface area contributed by atoms with Crippen LogP contribution in [0.1, 0.15) is 45.5 Å². The molecule has 1 aromatic carbocycles. The Balaban J connectivity index is 1.38. The minimum absolute atomic E-state index is 0.0884. The van der Waals surface area contributed by atoms with Crippen LogP contribution in [0.4, 0.5) is 0 Å². The third-order valence-corrected chi connectivity index (χ3v) is 7.19. The summed E-state index contributed by atoms with van der Waals surface area (Å²) in [5.74, 6) is 0.897. The van der Waals surface area contributed by atoms with Gasteiger partial charge in [0.1, 0.15) is 10.4 Å². The Bertz CT molecular complexity index is 1270. The van der Waals surface area contributed by atoms with E-state index in [1.165, 1.54) is 7.11 Å². The minimum atomic E-state index is -0.355. The van der Waals surface area contributed by atoms with Crippen LogP contribution in [-0.2, 0) is 22.4 Å². The van der Waals surface area contributed by atoms with Crippen molar-refractivity contribution in [3.05, 3.63) is 74.7 Å². The van der Waals surface area contributed by atoms with Crippen molar-refractivity contribution in [2.75, 3.05) is 13.7 Å². The summed E-state index contributed by atoms with van der Waals surface area (Å²) in [5.41, 5.74) is 5.17. The zero-order valence-corrected chi connectivity index (χ0v) is 20.5. The van der Waals surface area contributed by atoms with Crippen molar-refractivity contribution in [2.45, 2.75) is 37.8 Å². The van der Waals surface area contributed by atoms with Gasteiger partial charge in [-0.2, -0.15) is 0 Å². The van der Waals surface area contributed by atoms with E-state index in [4.69, 9.17) is 14.5 Å². The molecule has 1 aliphatic rings. The zero-order valence-electron chi connectivity index (χ0n) is 18.1. The second-order valence-corrected chi connectivity index (χ2v) is 9.88. The van der Waals surface area contributed by atoms with Crippen molar-refractivity contribution >= 4 is 44.3 Å². The van der Waals surface area contributed by atoms with Gasteiger partial charge in [-0.05, 0) is 59.1 Å². The third-order valence-electron chi connectivity index (χ3n) is 5.98. The maximum Gasteiger partial charge on any atom is 0.337 e. The van der Waals surface area contributed by atoms with Crippen LogP contribution in [0.5, 0.6) is 0 Å². The first-order valence-corrected chi connectivity index (χ1v) is 12.5. The number of carbonyl (C=O) groups is 1. The van der Waals surface area contributed by atoms with Gasteiger partial charge < -0.3 is 14.0 Å². The van der Waals surface area contributed by atoms with E-state index in [1.807, 2.05) is 36.0 Å². The fraction of sp³-hybridized carbons (Fsp3) is 0.333. The smallest absolute Gasteiger partial charge is 0.337 e. The van der Waals surface area contributed by atoms with Gasteiger partial charge in [0.05, 0.1) is 48.5 Å². The summed E-state index contributed by atoms with van der Waals surface area (Å²) in [7, 11) is 1.39. The number of fused-ring (bicyclic) bond motifs is 1. The molecule has 0 saturated carbocycles. The van der Waals surface area contributed by atoms with E-state index in [-0.39, 0.29) is 12.1 Å². The summed E-state index contributed by atoms with van der Waals surface area (Å²) in [6, 6.07) is 11.5. The third kappa shape index (κ3) is 4.85. The lowest BCUT2D eigenvalue weighted by molar-refractivity contribution is 0.00222. The van der Waals surface area contributed by atoms with Crippen molar-refractivity contribution in [2.24, 2.45) is 0 Å². The number of thiazole rings is 1. The van der Waals surface area contributed by atoms with Crippen molar-refractivity contribution in [3.63, 3.8) is 0 Å². The van der Waals surface area contributed by atoms with Crippen LogP contribution in [0.25, 0.3) is 11.0 Å². The fourth-order valence-corrected chi connectivity index (χ4v) is 5.22. The van der Waals surface area contributed by atoms with Crippen LogP contribution in [0.2, 0.25) is 0 Å². The van der Waals surface area contributed by atoms with Gasteiger partial charge in [-0.3, -0.25) is 4.98 Å². The summed E-state index contributed by atoms with van der Waals surface area (Å²) in [6.45, 7) is 1.30. The Morgan fingerprint density at radius 3 is 2.91 bits per heavy atom. The van der Waals surface area contributed by atoms with Gasteiger partial charge in [0.2, 0.25) is 0 Å². The average Bonchev–Trinajstić information content (AvgIpc) is 3.47. The number of nitrogens with zero attached hydrogens (tertiary/aromatic N) is 4. The van der Waals surface area contributed by atoms with Crippen molar-refractivity contribution < 1.29 is 14.3 Å². The highest BCUT2D eigenvalue weighted by atomic mass is 79.9. The molecule has 0 aliphatic carbocycles. The normalized spacial score (nSPS) is 18.5. The number of carbonyl (C=O) groups excluding carboxylic acids is 1. The van der Waals surface area contributed by atoms with Crippen LogP contribution in [-0.4, -0.2) is 45.3 Å². The lowest BCUT2D eigenvalue weighted by atomic mass is 9.94. The molecule has 0 unspecified atom stereocenters. The number of aromatic nitrogens is 4. The van der Waals surface area contributed by atoms with Crippen molar-refractivity contribution in [3.8, 4) is 0 Å². The second kappa shape index (κ2) is 9.70. The van der Waals surface area contributed by atoms with Crippen molar-refractivity contribution in [1.29, 1.82) is 0 Å². The first-order chi connectivity index (χ1) is 16.1. The molecule has 0 N–H and O–H groups in total. The molecule has 3 aromatic heterocycles. The predicted molar refractivity (Wildman–Crippen MR) is 130 cm³/mol. The maximum absolute atomic E-state index is 12.1. The van der Waals surface area contributed by atoms with Crippen LogP contribution < -0.4 is 0 Å². The highest BCUT2D eigenvalue weighted by Crippen LogP contribution is 2.30. The molecule has 7 nitrogen and oxygen atoms in total. The Kier molecular flexibility index (Phi) is 6.52. The molecule has 0 amide bonds. The first-order valence-electron chi connectivity index (χ1n) is 10.8. The maximum atomic E-state index is 12.1. The van der Waals surface area contributed by atoms with Crippen LogP contribution >= 0.6 is 27.3 Å².